The van der Waals surface area contributed by atoms with Crippen LogP contribution >= 0.6 is 11.3 Å². The minimum absolute atomic E-state index is 0.300. The number of hydrogen-bond donors (Lipinski definition) is 1. The minimum atomic E-state index is -0.300. The molecule has 8 heteroatoms. The van der Waals surface area contributed by atoms with Crippen LogP contribution < -0.4 is 10.1 Å². The predicted molar refractivity (Wildman–Crippen MR) is 111 cm³/mol. The van der Waals surface area contributed by atoms with E-state index < -0.39 is 0 Å². The average Bonchev–Trinajstić information content (AvgIpc) is 3.39. The summed E-state index contributed by atoms with van der Waals surface area (Å²) in [4.78, 5) is 21.4. The number of benzene rings is 2. The van der Waals surface area contributed by atoms with Crippen LogP contribution in [0.2, 0.25) is 0 Å². The second-order valence-corrected chi connectivity index (χ2v) is 6.99. The SMILES string of the molecule is CCOc1ccc(-c2nc(C(=O)Nc3ccccc3-c3noc(C)n3)cs2)cc1. The first-order valence-electron chi connectivity index (χ1n) is 9.04. The van der Waals surface area contributed by atoms with Crippen LogP contribution in [-0.2, 0) is 0 Å². The molecule has 0 aliphatic heterocycles. The van der Waals surface area contributed by atoms with E-state index in [1.54, 1.807) is 18.4 Å². The molecule has 0 bridgehead atoms. The van der Waals surface area contributed by atoms with Crippen LogP contribution in [-0.4, -0.2) is 27.6 Å². The summed E-state index contributed by atoms with van der Waals surface area (Å²) in [7, 11) is 0. The second kappa shape index (κ2) is 8.24. The van der Waals surface area contributed by atoms with Crippen molar-refractivity contribution in [1.82, 2.24) is 15.1 Å². The molecule has 0 fully saturated rings. The van der Waals surface area contributed by atoms with E-state index in [-0.39, 0.29) is 5.91 Å². The number of nitrogens with one attached hydrogen (secondary N) is 1. The Hall–Kier alpha value is -3.52. The number of amides is 1. The van der Waals surface area contributed by atoms with Gasteiger partial charge in [-0.15, -0.1) is 11.3 Å². The summed E-state index contributed by atoms with van der Waals surface area (Å²) in [5, 5.41) is 9.32. The molecule has 1 N–H and O–H groups in total. The third kappa shape index (κ3) is 4.17. The van der Waals surface area contributed by atoms with Crippen molar-refractivity contribution in [3.8, 4) is 27.7 Å². The number of carbonyl (C=O) groups is 1. The molecule has 7 nitrogen and oxygen atoms in total. The highest BCUT2D eigenvalue weighted by atomic mass is 32.1. The summed E-state index contributed by atoms with van der Waals surface area (Å²) >= 11 is 1.41. The van der Waals surface area contributed by atoms with Crippen molar-refractivity contribution in [3.05, 3.63) is 65.5 Å². The number of nitrogens with zero attached hydrogens (tertiary/aromatic N) is 3. The smallest absolute Gasteiger partial charge is 0.275 e. The molecule has 1 amide bonds. The van der Waals surface area contributed by atoms with Crippen molar-refractivity contribution in [2.45, 2.75) is 13.8 Å². The number of anilines is 1. The molecule has 0 radical (unpaired) electrons. The standard InChI is InChI=1S/C21H18N4O3S/c1-3-27-15-10-8-14(9-11-15)21-24-18(12-29-21)20(26)23-17-7-5-4-6-16(17)19-22-13(2)28-25-19/h4-12H,3H2,1-2H3,(H,23,26). The molecule has 4 rings (SSSR count). The molecule has 0 saturated heterocycles. The number of thiazole rings is 1. The van der Waals surface area contributed by atoms with Crippen LogP contribution in [0.15, 0.2) is 58.4 Å². The Bertz CT molecular complexity index is 1130. The summed E-state index contributed by atoms with van der Waals surface area (Å²) in [5.41, 5.74) is 2.55. The maximum absolute atomic E-state index is 12.7. The van der Waals surface area contributed by atoms with Gasteiger partial charge in [-0.05, 0) is 43.3 Å². The minimum Gasteiger partial charge on any atom is -0.494 e. The third-order valence-corrected chi connectivity index (χ3v) is 4.98. The van der Waals surface area contributed by atoms with E-state index in [0.717, 1.165) is 16.3 Å². The van der Waals surface area contributed by atoms with E-state index in [1.807, 2.05) is 49.4 Å². The van der Waals surface area contributed by atoms with E-state index >= 15 is 0 Å². The lowest BCUT2D eigenvalue weighted by Gasteiger charge is -2.07. The maximum atomic E-state index is 12.7. The fourth-order valence-electron chi connectivity index (χ4n) is 2.75. The van der Waals surface area contributed by atoms with Crippen LogP contribution in [0, 0.1) is 6.92 Å². The fourth-order valence-corrected chi connectivity index (χ4v) is 3.56. The fraction of sp³-hybridized carbons (Fsp3) is 0.143. The summed E-state index contributed by atoms with van der Waals surface area (Å²) < 4.78 is 10.5. The van der Waals surface area contributed by atoms with Gasteiger partial charge in [-0.25, -0.2) is 4.98 Å². The van der Waals surface area contributed by atoms with Gasteiger partial charge in [0.2, 0.25) is 11.7 Å². The molecule has 2 aromatic carbocycles. The molecule has 4 aromatic rings. The van der Waals surface area contributed by atoms with Crippen molar-refractivity contribution in [2.24, 2.45) is 0 Å². The highest BCUT2D eigenvalue weighted by molar-refractivity contribution is 7.13. The number of aryl methyl sites for hydroxylation is 1. The van der Waals surface area contributed by atoms with E-state index in [1.165, 1.54) is 11.3 Å². The molecule has 0 atom stereocenters. The Kier molecular flexibility index (Phi) is 5.35. The summed E-state index contributed by atoms with van der Waals surface area (Å²) in [6.07, 6.45) is 0. The maximum Gasteiger partial charge on any atom is 0.275 e. The molecule has 0 unspecified atom stereocenters. The van der Waals surface area contributed by atoms with Crippen LogP contribution in [0.1, 0.15) is 23.3 Å². The molecule has 0 aliphatic carbocycles. The van der Waals surface area contributed by atoms with E-state index in [0.29, 0.717) is 35.3 Å². The quantitative estimate of drug-likeness (QED) is 0.494. The van der Waals surface area contributed by atoms with Crippen molar-refractivity contribution in [3.63, 3.8) is 0 Å². The number of carbonyl (C=O) groups excluding carboxylic acids is 1. The van der Waals surface area contributed by atoms with Gasteiger partial charge in [0, 0.05) is 23.4 Å². The first kappa shape index (κ1) is 18.8. The van der Waals surface area contributed by atoms with Gasteiger partial charge in [-0.1, -0.05) is 17.3 Å². The van der Waals surface area contributed by atoms with Gasteiger partial charge >= 0.3 is 0 Å². The van der Waals surface area contributed by atoms with Gasteiger partial charge in [-0.2, -0.15) is 4.98 Å². The van der Waals surface area contributed by atoms with Crippen LogP contribution in [0.3, 0.4) is 0 Å². The van der Waals surface area contributed by atoms with Crippen LogP contribution in [0.4, 0.5) is 5.69 Å². The molecule has 146 valence electrons. The summed E-state index contributed by atoms with van der Waals surface area (Å²) in [6, 6.07) is 14.9. The molecule has 0 saturated carbocycles. The number of hydrogen-bond acceptors (Lipinski definition) is 7. The van der Waals surface area contributed by atoms with Crippen molar-refractivity contribution >= 4 is 22.9 Å². The Morgan fingerprint density at radius 3 is 2.66 bits per heavy atom. The molecule has 0 aliphatic rings. The van der Waals surface area contributed by atoms with Gasteiger partial charge in [0.1, 0.15) is 16.5 Å². The normalized spacial score (nSPS) is 10.7. The molecular weight excluding hydrogens is 388 g/mol. The van der Waals surface area contributed by atoms with Gasteiger partial charge in [0.15, 0.2) is 0 Å². The lowest BCUT2D eigenvalue weighted by atomic mass is 10.1. The predicted octanol–water partition coefficient (Wildman–Crippen LogP) is 4.82. The lowest BCUT2D eigenvalue weighted by Crippen LogP contribution is -2.13. The van der Waals surface area contributed by atoms with Crippen LogP contribution in [0.5, 0.6) is 5.75 Å². The highest BCUT2D eigenvalue weighted by Gasteiger charge is 2.16. The van der Waals surface area contributed by atoms with Gasteiger partial charge in [-0.3, -0.25) is 4.79 Å². The van der Waals surface area contributed by atoms with E-state index in [4.69, 9.17) is 9.26 Å². The largest absolute Gasteiger partial charge is 0.494 e. The third-order valence-electron chi connectivity index (χ3n) is 4.09. The van der Waals surface area contributed by atoms with E-state index in [2.05, 4.69) is 20.4 Å². The molecule has 2 aromatic heterocycles. The van der Waals surface area contributed by atoms with Gasteiger partial charge in [0.25, 0.3) is 5.91 Å². The second-order valence-electron chi connectivity index (χ2n) is 6.13. The zero-order chi connectivity index (χ0) is 20.2. The molecule has 0 spiro atoms. The molecule has 29 heavy (non-hydrogen) atoms. The first-order chi connectivity index (χ1) is 14.1. The molecular formula is C21H18N4O3S. The first-order valence-corrected chi connectivity index (χ1v) is 9.92. The topological polar surface area (TPSA) is 90.1 Å². The Labute approximate surface area is 171 Å². The summed E-state index contributed by atoms with van der Waals surface area (Å²) in [5.74, 6) is 1.39. The summed E-state index contributed by atoms with van der Waals surface area (Å²) in [6.45, 7) is 4.28. The number of para-hydroxylation sites is 1. The van der Waals surface area contributed by atoms with Crippen molar-refractivity contribution in [2.75, 3.05) is 11.9 Å². The lowest BCUT2D eigenvalue weighted by molar-refractivity contribution is 0.102. The van der Waals surface area contributed by atoms with Crippen LogP contribution in [0.25, 0.3) is 22.0 Å². The highest BCUT2D eigenvalue weighted by Crippen LogP contribution is 2.28. The van der Waals surface area contributed by atoms with Gasteiger partial charge < -0.3 is 14.6 Å². The Morgan fingerprint density at radius 2 is 1.93 bits per heavy atom. The van der Waals surface area contributed by atoms with Gasteiger partial charge in [0.05, 0.1) is 12.3 Å². The Balaban J connectivity index is 1.53. The average molecular weight is 406 g/mol. The van der Waals surface area contributed by atoms with Crippen molar-refractivity contribution in [1.29, 1.82) is 0 Å². The van der Waals surface area contributed by atoms with E-state index in [9.17, 15) is 4.79 Å². The zero-order valence-electron chi connectivity index (χ0n) is 15.9. The zero-order valence-corrected chi connectivity index (χ0v) is 16.7. The number of aromatic nitrogens is 3. The number of rotatable bonds is 6. The Morgan fingerprint density at radius 1 is 1.14 bits per heavy atom. The monoisotopic (exact) mass is 406 g/mol. The number of ether oxygens (including phenoxy) is 1. The molecule has 2 heterocycles. The van der Waals surface area contributed by atoms with Crippen molar-refractivity contribution < 1.29 is 14.1 Å².